The first-order valence-corrected chi connectivity index (χ1v) is 9.79. The second-order valence-electron chi connectivity index (χ2n) is 6.15. The van der Waals surface area contributed by atoms with E-state index in [0.29, 0.717) is 22.8 Å². The molecule has 1 atom stereocenters. The predicted molar refractivity (Wildman–Crippen MR) is 108 cm³/mol. The quantitative estimate of drug-likeness (QED) is 0.500. The van der Waals surface area contributed by atoms with Gasteiger partial charge in [0.15, 0.2) is 0 Å². The Hall–Kier alpha value is -2.10. The average Bonchev–Trinajstić information content (AvgIpc) is 2.82. The van der Waals surface area contributed by atoms with Crippen LogP contribution in [0.25, 0.3) is 0 Å². The predicted octanol–water partition coefficient (Wildman–Crippen LogP) is 6.55. The molecule has 130 valence electrons. The van der Waals surface area contributed by atoms with Gasteiger partial charge in [0, 0.05) is 32.8 Å². The summed E-state index contributed by atoms with van der Waals surface area (Å²) in [4.78, 5) is 5.95. The molecular weight excluding hydrogens is 365 g/mol. The van der Waals surface area contributed by atoms with E-state index in [4.69, 9.17) is 16.6 Å². The molecule has 0 bridgehead atoms. The van der Waals surface area contributed by atoms with Gasteiger partial charge in [0.1, 0.15) is 5.82 Å². The molecule has 0 aromatic heterocycles. The molecule has 3 aromatic rings. The lowest BCUT2D eigenvalue weighted by Gasteiger charge is -2.18. The zero-order valence-electron chi connectivity index (χ0n) is 14.0. The van der Waals surface area contributed by atoms with Crippen molar-refractivity contribution in [1.82, 2.24) is 0 Å². The van der Waals surface area contributed by atoms with Crippen LogP contribution in [-0.2, 0) is 0 Å². The first-order valence-electron chi connectivity index (χ1n) is 8.53. The van der Waals surface area contributed by atoms with Crippen molar-refractivity contribution >= 4 is 29.1 Å². The zero-order valence-corrected chi connectivity index (χ0v) is 15.6. The van der Waals surface area contributed by atoms with Gasteiger partial charge in [-0.05, 0) is 48.4 Å². The van der Waals surface area contributed by atoms with Crippen molar-refractivity contribution in [2.75, 3.05) is 6.54 Å². The van der Waals surface area contributed by atoms with Crippen LogP contribution in [-0.4, -0.2) is 12.3 Å². The molecule has 0 saturated carbocycles. The second kappa shape index (κ2) is 7.65. The summed E-state index contributed by atoms with van der Waals surface area (Å²) >= 11 is 8.09. The molecule has 0 spiro atoms. The Kier molecular flexibility index (Phi) is 5.09. The highest BCUT2D eigenvalue weighted by Crippen LogP contribution is 2.41. The normalized spacial score (nSPS) is 16.5. The van der Waals surface area contributed by atoms with Gasteiger partial charge in [-0.15, -0.1) is 11.8 Å². The van der Waals surface area contributed by atoms with Crippen molar-refractivity contribution in [3.8, 4) is 0 Å². The van der Waals surface area contributed by atoms with Gasteiger partial charge in [-0.1, -0.05) is 48.0 Å². The van der Waals surface area contributed by atoms with E-state index < -0.39 is 0 Å². The number of halogens is 2. The van der Waals surface area contributed by atoms with Crippen molar-refractivity contribution in [3.63, 3.8) is 0 Å². The van der Waals surface area contributed by atoms with Crippen LogP contribution in [0.5, 0.6) is 0 Å². The molecule has 0 radical (unpaired) electrons. The van der Waals surface area contributed by atoms with E-state index in [0.717, 1.165) is 17.5 Å². The summed E-state index contributed by atoms with van der Waals surface area (Å²) in [5.74, 6) is -0.258. The monoisotopic (exact) mass is 381 g/mol. The fourth-order valence-electron chi connectivity index (χ4n) is 3.22. The van der Waals surface area contributed by atoms with Crippen molar-refractivity contribution in [2.24, 2.45) is 4.99 Å². The maximum absolute atomic E-state index is 14.4. The Balaban J connectivity index is 1.79. The van der Waals surface area contributed by atoms with Crippen LogP contribution in [0.1, 0.15) is 28.4 Å². The van der Waals surface area contributed by atoms with Crippen LogP contribution in [0.15, 0.2) is 82.7 Å². The largest absolute Gasteiger partial charge is 0.284 e. The highest BCUT2D eigenvalue weighted by molar-refractivity contribution is 7.99. The second-order valence-corrected chi connectivity index (χ2v) is 7.86. The topological polar surface area (TPSA) is 12.4 Å². The van der Waals surface area contributed by atoms with Crippen LogP contribution < -0.4 is 0 Å². The Labute approximate surface area is 161 Å². The third kappa shape index (κ3) is 3.55. The highest BCUT2D eigenvalue weighted by atomic mass is 35.5. The van der Waals surface area contributed by atoms with E-state index in [1.54, 1.807) is 12.1 Å². The number of hydrogen-bond donors (Lipinski definition) is 0. The molecule has 1 unspecified atom stereocenters. The molecule has 1 heterocycles. The number of thioether (sulfide) groups is 1. The van der Waals surface area contributed by atoms with E-state index in [9.17, 15) is 4.39 Å². The first kappa shape index (κ1) is 17.3. The molecule has 4 rings (SSSR count). The Bertz CT molecular complexity index is 955. The summed E-state index contributed by atoms with van der Waals surface area (Å²) in [6.45, 7) is 0.653. The van der Waals surface area contributed by atoms with E-state index in [1.165, 1.54) is 11.0 Å². The summed E-state index contributed by atoms with van der Waals surface area (Å²) in [7, 11) is 0. The maximum Gasteiger partial charge on any atom is 0.132 e. The van der Waals surface area contributed by atoms with E-state index >= 15 is 0 Å². The fraction of sp³-hybridized carbons (Fsp3) is 0.136. The number of fused-ring (bicyclic) bond motifs is 1. The van der Waals surface area contributed by atoms with Crippen molar-refractivity contribution in [3.05, 3.63) is 100 Å². The minimum atomic E-state index is -0.258. The lowest BCUT2D eigenvalue weighted by molar-refractivity contribution is 0.625. The Morgan fingerprint density at radius 1 is 0.923 bits per heavy atom. The number of rotatable bonds is 3. The fourth-order valence-corrected chi connectivity index (χ4v) is 4.59. The van der Waals surface area contributed by atoms with Crippen LogP contribution in [0.2, 0.25) is 5.02 Å². The summed E-state index contributed by atoms with van der Waals surface area (Å²) in [6.07, 6.45) is 0.895. The van der Waals surface area contributed by atoms with Crippen LogP contribution in [0.4, 0.5) is 4.39 Å². The van der Waals surface area contributed by atoms with Crippen LogP contribution in [0, 0.1) is 5.82 Å². The smallest absolute Gasteiger partial charge is 0.132 e. The molecule has 0 saturated heterocycles. The molecule has 0 N–H and O–H groups in total. The number of nitrogens with zero attached hydrogens (tertiary/aromatic N) is 1. The van der Waals surface area contributed by atoms with E-state index in [-0.39, 0.29) is 11.1 Å². The van der Waals surface area contributed by atoms with Gasteiger partial charge in [0.2, 0.25) is 0 Å². The summed E-state index contributed by atoms with van der Waals surface area (Å²) < 4.78 is 14.4. The number of hydrogen-bond acceptors (Lipinski definition) is 2. The minimum Gasteiger partial charge on any atom is -0.284 e. The summed E-state index contributed by atoms with van der Waals surface area (Å²) in [6, 6.07) is 23.0. The van der Waals surface area contributed by atoms with Gasteiger partial charge in [0.05, 0.1) is 5.71 Å². The van der Waals surface area contributed by atoms with Crippen molar-refractivity contribution < 1.29 is 4.39 Å². The Morgan fingerprint density at radius 2 is 1.69 bits per heavy atom. The Morgan fingerprint density at radius 3 is 2.50 bits per heavy atom. The third-order valence-corrected chi connectivity index (χ3v) is 5.98. The standard InChI is InChI=1S/C22H17ClFNS/c23-15-10-11-17-19(14-15)22(18-8-4-5-9-20(18)24)25-13-12-21(17)26-16-6-2-1-3-7-16/h1-11,14,21H,12-13H2. The molecular formula is C22H17ClFNS. The molecule has 0 fully saturated rings. The first-order chi connectivity index (χ1) is 12.7. The van der Waals surface area contributed by atoms with Gasteiger partial charge in [-0.3, -0.25) is 4.99 Å². The highest BCUT2D eigenvalue weighted by Gasteiger charge is 2.24. The lowest BCUT2D eigenvalue weighted by atomic mass is 9.95. The third-order valence-electron chi connectivity index (χ3n) is 4.43. The number of aliphatic imine (C=N–C) groups is 1. The summed E-state index contributed by atoms with van der Waals surface area (Å²) in [5, 5.41) is 0.885. The molecule has 3 aromatic carbocycles. The zero-order chi connectivity index (χ0) is 17.9. The van der Waals surface area contributed by atoms with E-state index in [2.05, 4.69) is 18.2 Å². The molecule has 0 amide bonds. The molecule has 26 heavy (non-hydrogen) atoms. The molecule has 0 aliphatic carbocycles. The molecule has 1 aliphatic rings. The van der Waals surface area contributed by atoms with Crippen LogP contribution >= 0.6 is 23.4 Å². The molecule has 1 nitrogen and oxygen atoms in total. The van der Waals surface area contributed by atoms with Gasteiger partial charge in [-0.2, -0.15) is 0 Å². The lowest BCUT2D eigenvalue weighted by Crippen LogP contribution is -2.08. The average molecular weight is 382 g/mol. The van der Waals surface area contributed by atoms with Gasteiger partial charge >= 0.3 is 0 Å². The van der Waals surface area contributed by atoms with Crippen molar-refractivity contribution in [1.29, 1.82) is 0 Å². The van der Waals surface area contributed by atoms with Gasteiger partial charge in [0.25, 0.3) is 0 Å². The van der Waals surface area contributed by atoms with Gasteiger partial charge in [-0.25, -0.2) is 4.39 Å². The maximum atomic E-state index is 14.4. The molecule has 4 heteroatoms. The van der Waals surface area contributed by atoms with E-state index in [1.807, 2.05) is 48.2 Å². The SMILES string of the molecule is Fc1ccccc1C1=NCCC(Sc2ccccc2)c2ccc(Cl)cc21. The van der Waals surface area contributed by atoms with Crippen molar-refractivity contribution in [2.45, 2.75) is 16.6 Å². The minimum absolute atomic E-state index is 0.248. The summed E-state index contributed by atoms with van der Waals surface area (Å²) in [5.41, 5.74) is 3.30. The molecule has 1 aliphatic heterocycles. The van der Waals surface area contributed by atoms with Crippen LogP contribution in [0.3, 0.4) is 0 Å². The number of benzene rings is 3. The van der Waals surface area contributed by atoms with Gasteiger partial charge < -0.3 is 0 Å².